The predicted molar refractivity (Wildman–Crippen MR) is 120 cm³/mol. The number of carbonyl (C=O) groups is 1. The number of pyridine rings is 1. The van der Waals surface area contributed by atoms with Crippen LogP contribution in [0.5, 0.6) is 5.88 Å². The first-order valence-electron chi connectivity index (χ1n) is 9.92. The van der Waals surface area contributed by atoms with Gasteiger partial charge in [0.1, 0.15) is 12.5 Å². The maximum absolute atomic E-state index is 8.00. The third kappa shape index (κ3) is 6.27. The molecule has 0 bridgehead atoms. The molecule has 3 aromatic rings. The van der Waals surface area contributed by atoms with Gasteiger partial charge in [-0.25, -0.2) is 4.98 Å². The Morgan fingerprint density at radius 2 is 2.03 bits per heavy atom. The van der Waals surface area contributed by atoms with Crippen LogP contribution in [0.25, 0.3) is 22.2 Å². The Hall–Kier alpha value is -2.97. The summed E-state index contributed by atoms with van der Waals surface area (Å²) in [6, 6.07) is 9.96. The fourth-order valence-electron chi connectivity index (χ4n) is 3.05. The van der Waals surface area contributed by atoms with Gasteiger partial charge >= 0.3 is 0 Å². The van der Waals surface area contributed by atoms with Gasteiger partial charge in [-0.2, -0.15) is 5.10 Å². The Morgan fingerprint density at radius 1 is 1.23 bits per heavy atom. The number of aromatic amines is 1. The van der Waals surface area contributed by atoms with Gasteiger partial charge in [0.15, 0.2) is 0 Å². The highest BCUT2D eigenvalue weighted by Crippen LogP contribution is 2.28. The quantitative estimate of drug-likeness (QED) is 0.590. The molecule has 1 saturated heterocycles. The minimum Gasteiger partial charge on any atom is -0.475 e. The molecule has 30 heavy (non-hydrogen) atoms. The van der Waals surface area contributed by atoms with Crippen molar-refractivity contribution in [1.82, 2.24) is 20.5 Å². The second kappa shape index (κ2) is 11.9. The predicted octanol–water partition coefficient (Wildman–Crippen LogP) is 3.26. The lowest BCUT2D eigenvalue weighted by atomic mass is 10.1. The molecule has 3 heterocycles. The lowest BCUT2D eigenvalue weighted by Gasteiger charge is -2.08. The fraction of sp³-hybridized carbons (Fsp3) is 0.409. The summed E-state index contributed by atoms with van der Waals surface area (Å²) in [5.41, 5.74) is 3.92. The summed E-state index contributed by atoms with van der Waals surface area (Å²) < 4.78 is 10.6. The molecule has 0 radical (unpaired) electrons. The van der Waals surface area contributed by atoms with Gasteiger partial charge in [0, 0.05) is 49.6 Å². The van der Waals surface area contributed by atoms with E-state index < -0.39 is 0 Å². The van der Waals surface area contributed by atoms with Gasteiger partial charge in [0.25, 0.3) is 0 Å². The summed E-state index contributed by atoms with van der Waals surface area (Å²) in [7, 11) is 3.66. The van der Waals surface area contributed by atoms with Crippen LogP contribution in [0.15, 0.2) is 36.5 Å². The molecular weight excluding hydrogens is 382 g/mol. The first kappa shape index (κ1) is 23.3. The number of aromatic nitrogens is 3. The van der Waals surface area contributed by atoms with Crippen molar-refractivity contribution >= 4 is 23.4 Å². The van der Waals surface area contributed by atoms with Crippen molar-refractivity contribution in [2.24, 2.45) is 0 Å². The monoisotopic (exact) mass is 413 g/mol. The number of rotatable bonds is 5. The lowest BCUT2D eigenvalue weighted by Crippen LogP contribution is -2.14. The van der Waals surface area contributed by atoms with E-state index in [1.54, 1.807) is 13.3 Å². The molecule has 1 aliphatic heterocycles. The van der Waals surface area contributed by atoms with Gasteiger partial charge in [-0.15, -0.1) is 0 Å². The molecule has 0 aliphatic carbocycles. The molecule has 4 rings (SSSR count). The van der Waals surface area contributed by atoms with Crippen LogP contribution in [-0.4, -0.2) is 61.4 Å². The summed E-state index contributed by atoms with van der Waals surface area (Å²) in [4.78, 5) is 12.3. The number of ether oxygens (including phenoxy) is 2. The van der Waals surface area contributed by atoms with Gasteiger partial charge in [0.2, 0.25) is 5.88 Å². The molecule has 1 fully saturated rings. The van der Waals surface area contributed by atoms with Gasteiger partial charge in [-0.05, 0) is 51.1 Å². The van der Waals surface area contributed by atoms with Crippen LogP contribution in [-0.2, 0) is 9.53 Å². The van der Waals surface area contributed by atoms with E-state index in [-0.39, 0.29) is 6.10 Å². The van der Waals surface area contributed by atoms with Crippen molar-refractivity contribution in [2.45, 2.75) is 32.5 Å². The minimum atomic E-state index is 0.118. The first-order valence-corrected chi connectivity index (χ1v) is 9.92. The molecule has 0 spiro atoms. The Morgan fingerprint density at radius 3 is 2.57 bits per heavy atom. The van der Waals surface area contributed by atoms with E-state index in [0.717, 1.165) is 40.9 Å². The summed E-state index contributed by atoms with van der Waals surface area (Å²) in [6.07, 6.45) is 3.57. The van der Waals surface area contributed by atoms with Crippen LogP contribution in [0.2, 0.25) is 0 Å². The van der Waals surface area contributed by atoms with Crippen LogP contribution in [0.1, 0.15) is 20.3 Å². The SMILES string of the molecule is C=O.CNc1ccc2[nH]nc(-c3ccc(OC(C)C)nc3)c2c1.CO[C@H]1CCNC1. The zero-order valence-electron chi connectivity index (χ0n) is 18.1. The third-order valence-electron chi connectivity index (χ3n) is 4.57. The number of nitrogens with zero attached hydrogens (tertiary/aromatic N) is 2. The molecule has 1 atom stereocenters. The van der Waals surface area contributed by atoms with Gasteiger partial charge in [-0.3, -0.25) is 5.10 Å². The Bertz CT molecular complexity index is 889. The topological polar surface area (TPSA) is 101 Å². The number of methoxy groups -OCH3 is 1. The zero-order valence-corrected chi connectivity index (χ0v) is 18.1. The maximum atomic E-state index is 8.00. The largest absolute Gasteiger partial charge is 0.475 e. The van der Waals surface area contributed by atoms with Gasteiger partial charge in [-0.1, -0.05) is 0 Å². The molecule has 0 unspecified atom stereocenters. The number of hydrogen-bond acceptors (Lipinski definition) is 7. The molecule has 162 valence electrons. The highest BCUT2D eigenvalue weighted by atomic mass is 16.5. The van der Waals surface area contributed by atoms with Crippen molar-refractivity contribution in [3.8, 4) is 17.1 Å². The molecule has 0 saturated carbocycles. The number of fused-ring (bicyclic) bond motifs is 1. The van der Waals surface area contributed by atoms with E-state index in [2.05, 4.69) is 31.9 Å². The van der Waals surface area contributed by atoms with E-state index >= 15 is 0 Å². The molecule has 1 aliphatic rings. The van der Waals surface area contributed by atoms with Crippen LogP contribution in [0.4, 0.5) is 5.69 Å². The van der Waals surface area contributed by atoms with Crippen LogP contribution in [0, 0.1) is 0 Å². The molecule has 0 amide bonds. The summed E-state index contributed by atoms with van der Waals surface area (Å²) in [5, 5.41) is 14.9. The average Bonchev–Trinajstić information content (AvgIpc) is 3.45. The Kier molecular flexibility index (Phi) is 9.24. The number of nitrogens with one attached hydrogen (secondary N) is 3. The van der Waals surface area contributed by atoms with E-state index in [1.807, 2.05) is 51.9 Å². The molecule has 3 N–H and O–H groups in total. The Labute approximate surface area is 177 Å². The molecule has 8 heteroatoms. The van der Waals surface area contributed by atoms with Crippen LogP contribution in [0.3, 0.4) is 0 Å². The highest BCUT2D eigenvalue weighted by Gasteiger charge is 2.11. The summed E-state index contributed by atoms with van der Waals surface area (Å²) >= 11 is 0. The van der Waals surface area contributed by atoms with Crippen molar-refractivity contribution in [2.75, 3.05) is 32.6 Å². The normalized spacial score (nSPS) is 15.2. The Balaban J connectivity index is 0.000000299. The fourth-order valence-corrected chi connectivity index (χ4v) is 3.05. The van der Waals surface area contributed by atoms with E-state index in [1.165, 1.54) is 6.42 Å². The van der Waals surface area contributed by atoms with Crippen LogP contribution >= 0.6 is 0 Å². The smallest absolute Gasteiger partial charge is 0.213 e. The van der Waals surface area contributed by atoms with Gasteiger partial charge < -0.3 is 24.9 Å². The molecule has 8 nitrogen and oxygen atoms in total. The second-order valence-corrected chi connectivity index (χ2v) is 6.98. The minimum absolute atomic E-state index is 0.118. The van der Waals surface area contributed by atoms with Crippen molar-refractivity contribution in [3.63, 3.8) is 0 Å². The maximum Gasteiger partial charge on any atom is 0.213 e. The molecule has 1 aromatic carbocycles. The highest BCUT2D eigenvalue weighted by molar-refractivity contribution is 5.94. The van der Waals surface area contributed by atoms with E-state index in [9.17, 15) is 0 Å². The summed E-state index contributed by atoms with van der Waals surface area (Å²) in [6.45, 7) is 8.13. The third-order valence-corrected chi connectivity index (χ3v) is 4.57. The van der Waals surface area contributed by atoms with Gasteiger partial charge in [0.05, 0.1) is 17.7 Å². The van der Waals surface area contributed by atoms with Crippen LogP contribution < -0.4 is 15.4 Å². The zero-order chi connectivity index (χ0) is 21.9. The average molecular weight is 414 g/mol. The van der Waals surface area contributed by atoms with Crippen molar-refractivity contribution < 1.29 is 14.3 Å². The van der Waals surface area contributed by atoms with Crippen molar-refractivity contribution in [3.05, 3.63) is 36.5 Å². The summed E-state index contributed by atoms with van der Waals surface area (Å²) in [5.74, 6) is 0.629. The number of benzene rings is 1. The number of carbonyl (C=O) groups excluding carboxylic acids is 1. The van der Waals surface area contributed by atoms with E-state index in [4.69, 9.17) is 14.3 Å². The number of anilines is 1. The second-order valence-electron chi connectivity index (χ2n) is 6.98. The number of hydrogen-bond donors (Lipinski definition) is 3. The van der Waals surface area contributed by atoms with E-state index in [0.29, 0.717) is 12.0 Å². The lowest BCUT2D eigenvalue weighted by molar-refractivity contribution is -0.0979. The first-order chi connectivity index (χ1) is 14.6. The van der Waals surface area contributed by atoms with Crippen molar-refractivity contribution in [1.29, 1.82) is 0 Å². The molecular formula is C22H31N5O3. The standard InChI is InChI=1S/C16H18N4O.C5H11NO.CH2O/c1-10(2)21-15-7-4-11(9-18-15)16-13-8-12(17-3)5-6-14(13)19-20-16;1-7-5-2-3-6-4-5;1-2/h4-10,17H,1-3H3,(H,19,20);5-6H,2-4H2,1H3;1H2/t;5-;/m.0./s1. The molecule has 2 aromatic heterocycles. The number of H-pyrrole nitrogens is 1.